The molecule has 2 N–H and O–H groups in total. The van der Waals surface area contributed by atoms with E-state index >= 15 is 0 Å². The van der Waals surface area contributed by atoms with E-state index < -0.39 is 0 Å². The van der Waals surface area contributed by atoms with Gasteiger partial charge in [-0.1, -0.05) is 0 Å². The lowest BCUT2D eigenvalue weighted by molar-refractivity contribution is -0.131. The van der Waals surface area contributed by atoms with E-state index in [2.05, 4.69) is 0 Å². The van der Waals surface area contributed by atoms with Crippen molar-refractivity contribution < 1.29 is 14.0 Å². The quantitative estimate of drug-likeness (QED) is 0.904. The molecule has 1 aliphatic rings. The molecule has 0 unspecified atom stereocenters. The molecule has 1 saturated heterocycles. The van der Waals surface area contributed by atoms with Crippen LogP contribution in [0.3, 0.4) is 0 Å². The lowest BCUT2D eigenvalue weighted by Gasteiger charge is -2.22. The SMILES string of the molecule is Cl.NCCCC(=O)N1CCCN(C(=O)c2ccc(F)cc2)CC1. The monoisotopic (exact) mass is 343 g/mol. The van der Waals surface area contributed by atoms with Crippen LogP contribution in [-0.2, 0) is 4.79 Å². The molecule has 7 heteroatoms. The predicted molar refractivity (Wildman–Crippen MR) is 89.0 cm³/mol. The molecule has 1 heterocycles. The summed E-state index contributed by atoms with van der Waals surface area (Å²) in [5.41, 5.74) is 5.90. The van der Waals surface area contributed by atoms with Crippen LogP contribution in [0, 0.1) is 5.82 Å². The van der Waals surface area contributed by atoms with E-state index in [0.717, 1.165) is 6.42 Å². The van der Waals surface area contributed by atoms with Crippen molar-refractivity contribution in [1.82, 2.24) is 9.80 Å². The van der Waals surface area contributed by atoms with Gasteiger partial charge < -0.3 is 15.5 Å². The smallest absolute Gasteiger partial charge is 0.253 e. The number of hydrogen-bond donors (Lipinski definition) is 1. The van der Waals surface area contributed by atoms with E-state index in [-0.39, 0.29) is 30.0 Å². The summed E-state index contributed by atoms with van der Waals surface area (Å²) < 4.78 is 12.9. The second kappa shape index (κ2) is 9.47. The molecule has 0 aliphatic carbocycles. The molecule has 128 valence electrons. The minimum atomic E-state index is -0.357. The molecule has 2 amide bonds. The third kappa shape index (κ3) is 5.48. The van der Waals surface area contributed by atoms with Gasteiger partial charge in [-0.2, -0.15) is 0 Å². The fourth-order valence-electron chi connectivity index (χ4n) is 2.56. The van der Waals surface area contributed by atoms with Gasteiger partial charge in [0.15, 0.2) is 0 Å². The van der Waals surface area contributed by atoms with E-state index in [1.165, 1.54) is 24.3 Å². The topological polar surface area (TPSA) is 66.6 Å². The number of carbonyl (C=O) groups excluding carboxylic acids is 2. The number of nitrogens with two attached hydrogens (primary N) is 1. The van der Waals surface area contributed by atoms with Crippen LogP contribution in [0.2, 0.25) is 0 Å². The molecule has 1 aliphatic heterocycles. The summed E-state index contributed by atoms with van der Waals surface area (Å²) in [5.74, 6) is -0.373. The van der Waals surface area contributed by atoms with Gasteiger partial charge in [-0.15, -0.1) is 12.4 Å². The van der Waals surface area contributed by atoms with Gasteiger partial charge in [-0.25, -0.2) is 4.39 Å². The summed E-state index contributed by atoms with van der Waals surface area (Å²) in [6, 6.07) is 5.56. The zero-order chi connectivity index (χ0) is 15.9. The molecule has 23 heavy (non-hydrogen) atoms. The Labute approximate surface area is 142 Å². The number of amides is 2. The molecular weight excluding hydrogens is 321 g/mol. The van der Waals surface area contributed by atoms with Crippen LogP contribution in [0.5, 0.6) is 0 Å². The normalized spacial score (nSPS) is 14.9. The highest BCUT2D eigenvalue weighted by Crippen LogP contribution is 2.11. The van der Waals surface area contributed by atoms with Crippen molar-refractivity contribution in [2.45, 2.75) is 19.3 Å². The van der Waals surface area contributed by atoms with Crippen molar-refractivity contribution in [1.29, 1.82) is 0 Å². The first kappa shape index (κ1) is 19.4. The Balaban J connectivity index is 0.00000264. The van der Waals surface area contributed by atoms with Crippen molar-refractivity contribution in [3.63, 3.8) is 0 Å². The Kier molecular flexibility index (Phi) is 7.98. The second-order valence-corrected chi connectivity index (χ2v) is 5.43. The molecule has 0 bridgehead atoms. The lowest BCUT2D eigenvalue weighted by Crippen LogP contribution is -2.37. The van der Waals surface area contributed by atoms with E-state index in [1.54, 1.807) is 9.80 Å². The number of hydrogen-bond acceptors (Lipinski definition) is 3. The minimum absolute atomic E-state index is 0. The van der Waals surface area contributed by atoms with Gasteiger partial charge in [0.2, 0.25) is 5.91 Å². The summed E-state index contributed by atoms with van der Waals surface area (Å²) in [5, 5.41) is 0. The lowest BCUT2D eigenvalue weighted by atomic mass is 10.2. The van der Waals surface area contributed by atoms with Crippen molar-refractivity contribution in [2.75, 3.05) is 32.7 Å². The Morgan fingerprint density at radius 1 is 1.04 bits per heavy atom. The van der Waals surface area contributed by atoms with Crippen LogP contribution in [0.25, 0.3) is 0 Å². The fourth-order valence-corrected chi connectivity index (χ4v) is 2.56. The van der Waals surface area contributed by atoms with Crippen molar-refractivity contribution in [3.8, 4) is 0 Å². The van der Waals surface area contributed by atoms with Crippen molar-refractivity contribution in [2.24, 2.45) is 5.73 Å². The highest BCUT2D eigenvalue weighted by Gasteiger charge is 2.22. The Morgan fingerprint density at radius 3 is 2.30 bits per heavy atom. The highest BCUT2D eigenvalue weighted by atomic mass is 35.5. The third-order valence-electron chi connectivity index (χ3n) is 3.82. The Hall–Kier alpha value is -1.66. The first-order valence-electron chi connectivity index (χ1n) is 7.64. The van der Waals surface area contributed by atoms with Gasteiger partial charge in [0, 0.05) is 38.2 Å². The highest BCUT2D eigenvalue weighted by molar-refractivity contribution is 5.94. The van der Waals surface area contributed by atoms with Gasteiger partial charge in [0.1, 0.15) is 5.82 Å². The largest absolute Gasteiger partial charge is 0.341 e. The van der Waals surface area contributed by atoms with Gasteiger partial charge in [-0.05, 0) is 43.7 Å². The van der Waals surface area contributed by atoms with E-state index in [9.17, 15) is 14.0 Å². The molecule has 2 rings (SSSR count). The predicted octanol–water partition coefficient (Wildman–Crippen LogP) is 1.66. The van der Waals surface area contributed by atoms with Crippen molar-refractivity contribution >= 4 is 24.2 Å². The number of benzene rings is 1. The molecular formula is C16H23ClFN3O2. The van der Waals surface area contributed by atoms with Crippen LogP contribution >= 0.6 is 12.4 Å². The zero-order valence-electron chi connectivity index (χ0n) is 13.0. The molecule has 1 fully saturated rings. The molecule has 5 nitrogen and oxygen atoms in total. The third-order valence-corrected chi connectivity index (χ3v) is 3.82. The Bertz CT molecular complexity index is 525. The van der Waals surface area contributed by atoms with E-state index in [1.807, 2.05) is 0 Å². The molecule has 0 aromatic heterocycles. The first-order valence-corrected chi connectivity index (χ1v) is 7.64. The molecule has 1 aromatic carbocycles. The molecule has 0 spiro atoms. The summed E-state index contributed by atoms with van der Waals surface area (Å²) >= 11 is 0. The Morgan fingerprint density at radius 2 is 1.65 bits per heavy atom. The molecule has 0 saturated carbocycles. The van der Waals surface area contributed by atoms with Crippen LogP contribution in [0.4, 0.5) is 4.39 Å². The number of nitrogens with zero attached hydrogens (tertiary/aromatic N) is 2. The summed E-state index contributed by atoms with van der Waals surface area (Å²) in [4.78, 5) is 27.9. The summed E-state index contributed by atoms with van der Waals surface area (Å²) in [7, 11) is 0. The van der Waals surface area contributed by atoms with E-state index in [0.29, 0.717) is 51.1 Å². The number of rotatable bonds is 4. The average molecular weight is 344 g/mol. The second-order valence-electron chi connectivity index (χ2n) is 5.43. The maximum Gasteiger partial charge on any atom is 0.253 e. The van der Waals surface area contributed by atoms with Crippen LogP contribution < -0.4 is 5.73 Å². The summed E-state index contributed by atoms with van der Waals surface area (Å²) in [6.45, 7) is 2.82. The maximum atomic E-state index is 12.9. The number of halogens is 2. The van der Waals surface area contributed by atoms with Gasteiger partial charge >= 0.3 is 0 Å². The maximum absolute atomic E-state index is 12.9. The van der Waals surface area contributed by atoms with Gasteiger partial charge in [0.05, 0.1) is 0 Å². The molecule has 0 radical (unpaired) electrons. The van der Waals surface area contributed by atoms with Crippen LogP contribution in [0.1, 0.15) is 29.6 Å². The minimum Gasteiger partial charge on any atom is -0.341 e. The van der Waals surface area contributed by atoms with Gasteiger partial charge in [0.25, 0.3) is 5.91 Å². The summed E-state index contributed by atoms with van der Waals surface area (Å²) in [6.07, 6.45) is 1.90. The van der Waals surface area contributed by atoms with Crippen LogP contribution in [0.15, 0.2) is 24.3 Å². The van der Waals surface area contributed by atoms with Crippen LogP contribution in [-0.4, -0.2) is 54.3 Å². The number of carbonyl (C=O) groups is 2. The van der Waals surface area contributed by atoms with Gasteiger partial charge in [-0.3, -0.25) is 9.59 Å². The van der Waals surface area contributed by atoms with E-state index in [4.69, 9.17) is 5.73 Å². The zero-order valence-corrected chi connectivity index (χ0v) is 13.9. The standard InChI is InChI=1S/C16H22FN3O2.ClH/c17-14-6-4-13(5-7-14)16(22)20-10-2-9-19(11-12-20)15(21)3-1-8-18;/h4-7H,1-3,8-12,18H2;1H. The fraction of sp³-hybridized carbons (Fsp3) is 0.500. The average Bonchev–Trinajstić information content (AvgIpc) is 2.78. The van der Waals surface area contributed by atoms with Crippen molar-refractivity contribution in [3.05, 3.63) is 35.6 Å². The molecule has 1 aromatic rings. The first-order chi connectivity index (χ1) is 10.6. The molecule has 0 atom stereocenters.